The van der Waals surface area contributed by atoms with E-state index in [2.05, 4.69) is 5.32 Å². The van der Waals surface area contributed by atoms with Crippen LogP contribution in [0.25, 0.3) is 0 Å². The first kappa shape index (κ1) is 14.3. The number of hydrogen-bond donors (Lipinski definition) is 2. The predicted molar refractivity (Wildman–Crippen MR) is 56.7 cm³/mol. The van der Waals surface area contributed by atoms with Gasteiger partial charge in [0.15, 0.2) is 0 Å². The Bertz CT molecular complexity index is 445. The van der Waals surface area contributed by atoms with Crippen molar-refractivity contribution in [2.24, 2.45) is 0 Å². The zero-order valence-corrected chi connectivity index (χ0v) is 9.38. The monoisotopic (exact) mass is 265 g/mol. The highest BCUT2D eigenvalue weighted by Gasteiger charge is 2.34. The predicted octanol–water partition coefficient (Wildman–Crippen LogP) is 3.12. The largest absolute Gasteiger partial charge is 0.481 e. The molecule has 100 valence electrons. The van der Waals surface area contributed by atoms with E-state index in [1.165, 1.54) is 6.92 Å². The molecule has 0 aliphatic heterocycles. The van der Waals surface area contributed by atoms with Crippen LogP contribution in [0.5, 0.6) is 0 Å². The fraction of sp³-hybridized carbons (Fsp3) is 0.364. The molecule has 0 fully saturated rings. The number of alkyl halides is 3. The van der Waals surface area contributed by atoms with Gasteiger partial charge in [-0.1, -0.05) is 0 Å². The van der Waals surface area contributed by atoms with E-state index in [0.717, 1.165) is 6.07 Å². The van der Waals surface area contributed by atoms with E-state index in [4.69, 9.17) is 5.11 Å². The van der Waals surface area contributed by atoms with Crippen LogP contribution >= 0.6 is 0 Å². The summed E-state index contributed by atoms with van der Waals surface area (Å²) in [6.45, 7) is 1.50. The summed E-state index contributed by atoms with van der Waals surface area (Å²) in [7, 11) is 0. The van der Waals surface area contributed by atoms with Crippen molar-refractivity contribution in [3.8, 4) is 0 Å². The number of carbonyl (C=O) groups is 1. The van der Waals surface area contributed by atoms with Gasteiger partial charge in [0.25, 0.3) is 0 Å². The molecule has 7 heteroatoms. The van der Waals surface area contributed by atoms with Crippen LogP contribution in [0.3, 0.4) is 0 Å². The van der Waals surface area contributed by atoms with Gasteiger partial charge >= 0.3 is 12.1 Å². The molecule has 1 unspecified atom stereocenters. The lowest BCUT2D eigenvalue weighted by atomic mass is 10.1. The van der Waals surface area contributed by atoms with Gasteiger partial charge in [0.2, 0.25) is 0 Å². The second kappa shape index (κ2) is 5.24. The summed E-state index contributed by atoms with van der Waals surface area (Å²) in [6, 6.07) is 1.88. The maximum absolute atomic E-state index is 13.0. The molecule has 0 saturated carbocycles. The average molecular weight is 265 g/mol. The first-order valence-electron chi connectivity index (χ1n) is 5.05. The Balaban J connectivity index is 2.89. The number of benzene rings is 1. The number of carboxylic acids is 1. The molecule has 1 aromatic carbocycles. The highest BCUT2D eigenvalue weighted by Crippen LogP contribution is 2.33. The summed E-state index contributed by atoms with van der Waals surface area (Å²) in [5, 5.41) is 11.1. The van der Waals surface area contributed by atoms with Crippen molar-refractivity contribution in [2.75, 3.05) is 5.32 Å². The molecule has 0 aliphatic rings. The number of carboxylic acid groups (broad SMARTS) is 1. The zero-order valence-electron chi connectivity index (χ0n) is 9.38. The molecule has 0 heterocycles. The van der Waals surface area contributed by atoms with Crippen LogP contribution in [0.4, 0.5) is 23.2 Å². The van der Waals surface area contributed by atoms with Gasteiger partial charge in [-0.2, -0.15) is 13.2 Å². The first-order chi connectivity index (χ1) is 8.20. The highest BCUT2D eigenvalue weighted by atomic mass is 19.4. The van der Waals surface area contributed by atoms with Gasteiger partial charge in [-0.15, -0.1) is 0 Å². The lowest BCUT2D eigenvalue weighted by Crippen LogP contribution is -2.20. The Morgan fingerprint density at radius 2 is 2.06 bits per heavy atom. The summed E-state index contributed by atoms with van der Waals surface area (Å²) in [4.78, 5) is 10.4. The molecule has 1 aromatic rings. The minimum Gasteiger partial charge on any atom is -0.481 e. The molecule has 0 spiro atoms. The third-order valence-electron chi connectivity index (χ3n) is 2.17. The summed E-state index contributed by atoms with van der Waals surface area (Å²) in [6.07, 6.45) is -5.03. The lowest BCUT2D eigenvalue weighted by molar-refractivity contribution is -0.140. The molecule has 0 bridgehead atoms. The molecular formula is C11H11F4NO2. The van der Waals surface area contributed by atoms with E-state index in [0.29, 0.717) is 12.1 Å². The third kappa shape index (κ3) is 3.90. The molecule has 0 aromatic heterocycles. The third-order valence-corrected chi connectivity index (χ3v) is 2.17. The van der Waals surface area contributed by atoms with Gasteiger partial charge < -0.3 is 10.4 Å². The molecule has 1 atom stereocenters. The maximum atomic E-state index is 13.0. The van der Waals surface area contributed by atoms with E-state index < -0.39 is 29.6 Å². The maximum Gasteiger partial charge on any atom is 0.419 e. The Morgan fingerprint density at radius 1 is 1.44 bits per heavy atom. The summed E-state index contributed by atoms with van der Waals surface area (Å²) >= 11 is 0. The molecular weight excluding hydrogens is 254 g/mol. The van der Waals surface area contributed by atoms with Gasteiger partial charge in [0.05, 0.1) is 12.0 Å². The Morgan fingerprint density at radius 3 is 2.56 bits per heavy atom. The molecule has 3 nitrogen and oxygen atoms in total. The second-order valence-electron chi connectivity index (χ2n) is 3.84. The molecule has 1 rings (SSSR count). The van der Waals surface area contributed by atoms with Gasteiger partial charge in [-0.3, -0.25) is 4.79 Å². The van der Waals surface area contributed by atoms with Crippen LogP contribution < -0.4 is 5.32 Å². The van der Waals surface area contributed by atoms with Crippen molar-refractivity contribution in [3.63, 3.8) is 0 Å². The minimum atomic E-state index is -4.78. The zero-order chi connectivity index (χ0) is 13.9. The van der Waals surface area contributed by atoms with E-state index in [-0.39, 0.29) is 12.1 Å². The normalized spacial score (nSPS) is 13.2. The molecule has 0 amide bonds. The van der Waals surface area contributed by atoms with Crippen LogP contribution in [0.1, 0.15) is 18.9 Å². The fourth-order valence-corrected chi connectivity index (χ4v) is 1.43. The molecule has 0 radical (unpaired) electrons. The van der Waals surface area contributed by atoms with E-state index in [9.17, 15) is 22.4 Å². The Kier molecular flexibility index (Phi) is 4.15. The van der Waals surface area contributed by atoms with Crippen LogP contribution in [-0.2, 0) is 11.0 Å². The van der Waals surface area contributed by atoms with Gasteiger partial charge in [-0.05, 0) is 25.1 Å². The van der Waals surface area contributed by atoms with Crippen molar-refractivity contribution in [1.29, 1.82) is 0 Å². The fourth-order valence-electron chi connectivity index (χ4n) is 1.43. The van der Waals surface area contributed by atoms with Gasteiger partial charge in [-0.25, -0.2) is 4.39 Å². The Hall–Kier alpha value is -1.79. The number of nitrogens with one attached hydrogen (secondary N) is 1. The van der Waals surface area contributed by atoms with Crippen molar-refractivity contribution in [1.82, 2.24) is 0 Å². The summed E-state index contributed by atoms with van der Waals surface area (Å²) in [5.74, 6) is -2.44. The standard InChI is InChI=1S/C11H11F4NO2/c1-6(4-10(17)18)16-7-2-3-9(12)8(5-7)11(13,14)15/h2-3,5-6,16H,4H2,1H3,(H,17,18). The van der Waals surface area contributed by atoms with Crippen molar-refractivity contribution < 1.29 is 27.5 Å². The number of rotatable bonds is 4. The molecule has 2 N–H and O–H groups in total. The van der Waals surface area contributed by atoms with Gasteiger partial charge in [0, 0.05) is 11.7 Å². The quantitative estimate of drug-likeness (QED) is 0.822. The average Bonchev–Trinajstić information content (AvgIpc) is 2.17. The Labute approximate surface area is 100 Å². The van der Waals surface area contributed by atoms with Crippen LogP contribution in [0, 0.1) is 5.82 Å². The van der Waals surface area contributed by atoms with E-state index in [1.807, 2.05) is 0 Å². The van der Waals surface area contributed by atoms with Crippen molar-refractivity contribution in [2.45, 2.75) is 25.6 Å². The van der Waals surface area contributed by atoms with Crippen molar-refractivity contribution >= 4 is 11.7 Å². The molecule has 0 aliphatic carbocycles. The minimum absolute atomic E-state index is 0.0254. The van der Waals surface area contributed by atoms with Crippen LogP contribution in [0.2, 0.25) is 0 Å². The number of halogens is 4. The highest BCUT2D eigenvalue weighted by molar-refractivity contribution is 5.68. The number of hydrogen-bond acceptors (Lipinski definition) is 2. The first-order valence-corrected chi connectivity index (χ1v) is 5.05. The van der Waals surface area contributed by atoms with Crippen molar-refractivity contribution in [3.05, 3.63) is 29.6 Å². The lowest BCUT2D eigenvalue weighted by Gasteiger charge is -2.15. The van der Waals surface area contributed by atoms with E-state index >= 15 is 0 Å². The molecule has 18 heavy (non-hydrogen) atoms. The smallest absolute Gasteiger partial charge is 0.419 e. The van der Waals surface area contributed by atoms with Crippen LogP contribution in [-0.4, -0.2) is 17.1 Å². The molecule has 0 saturated heterocycles. The summed E-state index contributed by atoms with van der Waals surface area (Å²) in [5.41, 5.74) is -1.35. The number of aliphatic carboxylic acids is 1. The SMILES string of the molecule is CC(CC(=O)O)Nc1ccc(F)c(C(F)(F)F)c1. The summed E-state index contributed by atoms with van der Waals surface area (Å²) < 4.78 is 50.2. The van der Waals surface area contributed by atoms with Gasteiger partial charge in [0.1, 0.15) is 5.82 Å². The van der Waals surface area contributed by atoms with Crippen LogP contribution in [0.15, 0.2) is 18.2 Å². The number of anilines is 1. The second-order valence-corrected chi connectivity index (χ2v) is 3.84. The topological polar surface area (TPSA) is 49.3 Å². The van der Waals surface area contributed by atoms with E-state index in [1.54, 1.807) is 0 Å².